The molecule has 0 spiro atoms. The summed E-state index contributed by atoms with van der Waals surface area (Å²) in [6, 6.07) is 0.515. The van der Waals surface area contributed by atoms with Crippen LogP contribution >= 0.6 is 11.8 Å². The average Bonchev–Trinajstić information content (AvgIpc) is 2.15. The molecule has 1 unspecified atom stereocenters. The molecule has 1 heterocycles. The van der Waals surface area contributed by atoms with Crippen molar-refractivity contribution in [1.82, 2.24) is 10.1 Å². The van der Waals surface area contributed by atoms with E-state index < -0.39 is 0 Å². The van der Waals surface area contributed by atoms with Gasteiger partial charge in [-0.1, -0.05) is 0 Å². The number of piperazine rings is 1. The van der Waals surface area contributed by atoms with Crippen molar-refractivity contribution in [1.29, 1.82) is 0 Å². The molecule has 0 aromatic heterocycles. The third-order valence-electron chi connectivity index (χ3n) is 2.53. The highest BCUT2D eigenvalue weighted by molar-refractivity contribution is 7.98. The fourth-order valence-electron chi connectivity index (χ4n) is 1.79. The van der Waals surface area contributed by atoms with Gasteiger partial charge in [-0.05, 0) is 25.3 Å². The molecule has 0 aromatic carbocycles. The van der Waals surface area contributed by atoms with Crippen LogP contribution in [0.4, 0.5) is 0 Å². The van der Waals surface area contributed by atoms with E-state index in [1.54, 1.807) is 0 Å². The van der Waals surface area contributed by atoms with Gasteiger partial charge in [-0.15, -0.1) is 0 Å². The second-order valence-corrected chi connectivity index (χ2v) is 4.49. The van der Waals surface area contributed by atoms with Crippen molar-refractivity contribution in [2.45, 2.75) is 19.3 Å². The van der Waals surface area contributed by atoms with Gasteiger partial charge in [0.25, 0.3) is 0 Å². The summed E-state index contributed by atoms with van der Waals surface area (Å²) in [7, 11) is -0.297. The van der Waals surface area contributed by atoms with E-state index in [1.807, 2.05) is 18.6 Å². The van der Waals surface area contributed by atoms with Gasteiger partial charge >= 0.3 is 7.05 Å². The maximum absolute atomic E-state index is 9.54. The molecule has 0 saturated carbocycles. The number of nitrogens with zero attached hydrogens (tertiary/aromatic N) is 1. The third kappa shape index (κ3) is 3.50. The van der Waals surface area contributed by atoms with Crippen LogP contribution in [0.2, 0.25) is 6.82 Å². The lowest BCUT2D eigenvalue weighted by Crippen LogP contribution is -2.56. The molecule has 1 atom stereocenters. The van der Waals surface area contributed by atoms with Crippen LogP contribution in [0.3, 0.4) is 0 Å². The Hall–Kier alpha value is 0.295. The van der Waals surface area contributed by atoms with Gasteiger partial charge in [0.05, 0.1) is 0 Å². The smallest absolute Gasteiger partial charge is 0.376 e. The Morgan fingerprint density at radius 2 is 2.46 bits per heavy atom. The van der Waals surface area contributed by atoms with E-state index in [9.17, 15) is 5.02 Å². The number of thioether (sulfide) groups is 1. The van der Waals surface area contributed by atoms with Crippen molar-refractivity contribution < 1.29 is 5.02 Å². The maximum Gasteiger partial charge on any atom is 0.376 e. The third-order valence-corrected chi connectivity index (χ3v) is 3.17. The van der Waals surface area contributed by atoms with Gasteiger partial charge < -0.3 is 15.2 Å². The second-order valence-electron chi connectivity index (χ2n) is 3.51. The van der Waals surface area contributed by atoms with Crippen molar-refractivity contribution in [3.63, 3.8) is 0 Å². The topological polar surface area (TPSA) is 35.5 Å². The second kappa shape index (κ2) is 5.91. The zero-order valence-corrected chi connectivity index (χ0v) is 9.31. The molecule has 0 amide bonds. The lowest BCUT2D eigenvalue weighted by Gasteiger charge is -2.37. The SMILES string of the molecule is CSCCC1CNCCN1B(C)O. The largest absolute Gasteiger partial charge is 0.437 e. The molecule has 1 fully saturated rings. The Balaban J connectivity index is 2.37. The molecule has 0 radical (unpaired) electrons. The Labute approximate surface area is 85.4 Å². The van der Waals surface area contributed by atoms with E-state index in [1.165, 1.54) is 12.2 Å². The molecule has 2 N–H and O–H groups in total. The zero-order chi connectivity index (χ0) is 9.68. The first kappa shape index (κ1) is 11.4. The van der Waals surface area contributed by atoms with Crippen LogP contribution in [0.25, 0.3) is 0 Å². The lowest BCUT2D eigenvalue weighted by atomic mass is 9.81. The highest BCUT2D eigenvalue weighted by atomic mass is 32.2. The van der Waals surface area contributed by atoms with Crippen LogP contribution in [-0.4, -0.2) is 54.6 Å². The standard InChI is InChI=1S/C8H19BN2OS/c1-9(12)11-5-4-10-7-8(11)3-6-13-2/h8,10,12H,3-7H2,1-2H3. The summed E-state index contributed by atoms with van der Waals surface area (Å²) in [5, 5.41) is 12.9. The molecular formula is C8H19BN2OS. The zero-order valence-electron chi connectivity index (χ0n) is 8.49. The number of hydrogen-bond acceptors (Lipinski definition) is 4. The summed E-state index contributed by atoms with van der Waals surface area (Å²) in [4.78, 5) is 2.19. The Kier molecular flexibility index (Phi) is 5.17. The van der Waals surface area contributed by atoms with Crippen molar-refractivity contribution in [3.05, 3.63) is 0 Å². The first-order valence-electron chi connectivity index (χ1n) is 4.89. The van der Waals surface area contributed by atoms with Gasteiger partial charge in [0.1, 0.15) is 0 Å². The summed E-state index contributed by atoms with van der Waals surface area (Å²) < 4.78 is 0. The van der Waals surface area contributed by atoms with Crippen molar-refractivity contribution >= 4 is 18.8 Å². The number of rotatable bonds is 4. The first-order valence-corrected chi connectivity index (χ1v) is 6.28. The summed E-state index contributed by atoms with van der Waals surface area (Å²) >= 11 is 1.87. The summed E-state index contributed by atoms with van der Waals surface area (Å²) in [6.45, 7) is 4.85. The van der Waals surface area contributed by atoms with Crippen LogP contribution in [0.15, 0.2) is 0 Å². The molecule has 0 bridgehead atoms. The molecular weight excluding hydrogens is 183 g/mol. The van der Waals surface area contributed by atoms with Gasteiger partial charge in [0.15, 0.2) is 0 Å². The minimum Gasteiger partial charge on any atom is -0.437 e. The molecule has 1 aliphatic heterocycles. The van der Waals surface area contributed by atoms with Gasteiger partial charge in [0.2, 0.25) is 0 Å². The quantitative estimate of drug-likeness (QED) is 0.635. The molecule has 0 aliphatic carbocycles. The molecule has 76 valence electrons. The molecule has 1 aliphatic rings. The molecule has 3 nitrogen and oxygen atoms in total. The molecule has 1 rings (SSSR count). The Bertz CT molecular complexity index is 148. The summed E-state index contributed by atoms with van der Waals surface area (Å²) in [5.74, 6) is 1.18. The van der Waals surface area contributed by atoms with Gasteiger partial charge in [0, 0.05) is 25.7 Å². The number of nitrogens with one attached hydrogen (secondary N) is 1. The highest BCUT2D eigenvalue weighted by Crippen LogP contribution is 2.11. The van der Waals surface area contributed by atoms with E-state index in [2.05, 4.69) is 16.4 Å². The Morgan fingerprint density at radius 3 is 3.08 bits per heavy atom. The normalized spacial score (nSPS) is 24.7. The van der Waals surface area contributed by atoms with E-state index in [4.69, 9.17) is 0 Å². The van der Waals surface area contributed by atoms with Crippen LogP contribution in [0.1, 0.15) is 6.42 Å². The van der Waals surface area contributed by atoms with Gasteiger partial charge in [-0.25, -0.2) is 0 Å². The Morgan fingerprint density at radius 1 is 1.69 bits per heavy atom. The van der Waals surface area contributed by atoms with Crippen LogP contribution in [0, 0.1) is 0 Å². The molecule has 0 aromatic rings. The van der Waals surface area contributed by atoms with Gasteiger partial charge in [-0.3, -0.25) is 0 Å². The van der Waals surface area contributed by atoms with Crippen LogP contribution < -0.4 is 5.32 Å². The summed E-state index contributed by atoms with van der Waals surface area (Å²) in [6.07, 6.45) is 3.29. The van der Waals surface area contributed by atoms with E-state index in [0.717, 1.165) is 19.6 Å². The predicted octanol–water partition coefficient (Wildman–Crippen LogP) is 0.124. The van der Waals surface area contributed by atoms with Crippen molar-refractivity contribution in [3.8, 4) is 0 Å². The maximum atomic E-state index is 9.54. The molecule has 5 heteroatoms. The fourth-order valence-corrected chi connectivity index (χ4v) is 2.30. The van der Waals surface area contributed by atoms with Gasteiger partial charge in [-0.2, -0.15) is 11.8 Å². The summed E-state index contributed by atoms with van der Waals surface area (Å²) in [5.41, 5.74) is 0. The molecule has 1 saturated heterocycles. The minimum absolute atomic E-state index is 0.297. The first-order chi connectivity index (χ1) is 6.25. The van der Waals surface area contributed by atoms with Crippen molar-refractivity contribution in [2.75, 3.05) is 31.6 Å². The monoisotopic (exact) mass is 202 g/mol. The molecule has 13 heavy (non-hydrogen) atoms. The fraction of sp³-hybridized carbons (Fsp3) is 1.00. The number of hydrogen-bond donors (Lipinski definition) is 2. The van der Waals surface area contributed by atoms with E-state index in [0.29, 0.717) is 6.04 Å². The predicted molar refractivity (Wildman–Crippen MR) is 60.2 cm³/mol. The minimum atomic E-state index is -0.297. The average molecular weight is 202 g/mol. The van der Waals surface area contributed by atoms with E-state index in [-0.39, 0.29) is 7.05 Å². The van der Waals surface area contributed by atoms with Crippen LogP contribution in [-0.2, 0) is 0 Å². The lowest BCUT2D eigenvalue weighted by molar-refractivity contribution is 0.235. The van der Waals surface area contributed by atoms with Crippen molar-refractivity contribution in [2.24, 2.45) is 0 Å². The van der Waals surface area contributed by atoms with Crippen LogP contribution in [0.5, 0.6) is 0 Å². The van der Waals surface area contributed by atoms with E-state index >= 15 is 0 Å². The highest BCUT2D eigenvalue weighted by Gasteiger charge is 2.26.